The van der Waals surface area contributed by atoms with Crippen LogP contribution in [-0.2, 0) is 0 Å². The largest absolute Gasteiger partial charge is 0.394 e. The maximum atomic E-state index is 13.0. The van der Waals surface area contributed by atoms with Crippen LogP contribution in [0.15, 0.2) is 18.2 Å². The second-order valence-corrected chi connectivity index (χ2v) is 2.81. The highest BCUT2D eigenvalue weighted by Gasteiger charge is 2.09. The Morgan fingerprint density at radius 2 is 2.15 bits per heavy atom. The van der Waals surface area contributed by atoms with E-state index in [-0.39, 0.29) is 24.8 Å². The zero-order valence-electron chi connectivity index (χ0n) is 7.33. The first-order valence-corrected chi connectivity index (χ1v) is 3.77. The Balaban J connectivity index is 0.00000144. The smallest absolute Gasteiger partial charge is 0.128 e. The van der Waals surface area contributed by atoms with Gasteiger partial charge in [-0.3, -0.25) is 0 Å². The first kappa shape index (κ1) is 12.4. The fourth-order valence-electron chi connectivity index (χ4n) is 1.05. The SMILES string of the molecule is Cc1ccc(F)c([C@H](N)CO)c1.Cl. The number of hydrogen-bond donors (Lipinski definition) is 2. The van der Waals surface area contributed by atoms with E-state index in [4.69, 9.17) is 10.8 Å². The minimum atomic E-state index is -0.620. The van der Waals surface area contributed by atoms with Crippen LogP contribution in [0.5, 0.6) is 0 Å². The molecule has 0 aliphatic heterocycles. The van der Waals surface area contributed by atoms with Crippen molar-refractivity contribution in [3.8, 4) is 0 Å². The van der Waals surface area contributed by atoms with E-state index in [1.165, 1.54) is 6.07 Å². The van der Waals surface area contributed by atoms with Crippen molar-refractivity contribution < 1.29 is 9.50 Å². The van der Waals surface area contributed by atoms with Crippen LogP contribution in [0.4, 0.5) is 4.39 Å². The van der Waals surface area contributed by atoms with Gasteiger partial charge in [0.25, 0.3) is 0 Å². The van der Waals surface area contributed by atoms with Gasteiger partial charge in [-0.25, -0.2) is 4.39 Å². The van der Waals surface area contributed by atoms with E-state index in [0.29, 0.717) is 5.56 Å². The van der Waals surface area contributed by atoms with Gasteiger partial charge in [-0.15, -0.1) is 12.4 Å². The molecular weight excluding hydrogens is 193 g/mol. The molecule has 0 saturated carbocycles. The van der Waals surface area contributed by atoms with E-state index in [9.17, 15) is 4.39 Å². The molecule has 0 radical (unpaired) electrons. The van der Waals surface area contributed by atoms with Gasteiger partial charge in [0.05, 0.1) is 12.6 Å². The summed E-state index contributed by atoms with van der Waals surface area (Å²) in [7, 11) is 0. The Bertz CT molecular complexity index is 280. The number of aliphatic hydroxyl groups excluding tert-OH is 1. The monoisotopic (exact) mass is 205 g/mol. The molecule has 0 heterocycles. The number of hydrogen-bond acceptors (Lipinski definition) is 2. The van der Waals surface area contributed by atoms with E-state index >= 15 is 0 Å². The fourth-order valence-corrected chi connectivity index (χ4v) is 1.05. The molecule has 2 nitrogen and oxygen atoms in total. The second-order valence-electron chi connectivity index (χ2n) is 2.81. The Labute approximate surface area is 83.0 Å². The molecule has 0 aliphatic carbocycles. The summed E-state index contributed by atoms with van der Waals surface area (Å²) >= 11 is 0. The molecule has 4 heteroatoms. The molecule has 0 aliphatic rings. The van der Waals surface area contributed by atoms with Gasteiger partial charge in [-0.2, -0.15) is 0 Å². The highest BCUT2D eigenvalue weighted by atomic mass is 35.5. The zero-order valence-corrected chi connectivity index (χ0v) is 8.14. The summed E-state index contributed by atoms with van der Waals surface area (Å²) in [6, 6.07) is 4.06. The molecule has 0 amide bonds. The average Bonchev–Trinajstić information content (AvgIpc) is 2.08. The van der Waals surface area contributed by atoms with Crippen molar-refractivity contribution in [1.29, 1.82) is 0 Å². The van der Waals surface area contributed by atoms with Crippen LogP contribution in [0.1, 0.15) is 17.2 Å². The van der Waals surface area contributed by atoms with Gasteiger partial charge in [0.15, 0.2) is 0 Å². The van der Waals surface area contributed by atoms with Crippen molar-refractivity contribution in [3.63, 3.8) is 0 Å². The number of halogens is 2. The molecule has 13 heavy (non-hydrogen) atoms. The van der Waals surface area contributed by atoms with Crippen LogP contribution >= 0.6 is 12.4 Å². The number of rotatable bonds is 2. The highest BCUT2D eigenvalue weighted by Crippen LogP contribution is 2.15. The summed E-state index contributed by atoms with van der Waals surface area (Å²) in [5.74, 6) is -0.359. The molecular formula is C9H13ClFNO. The lowest BCUT2D eigenvalue weighted by Crippen LogP contribution is -2.16. The van der Waals surface area contributed by atoms with Crippen LogP contribution in [0.2, 0.25) is 0 Å². The Kier molecular flexibility index (Phi) is 4.91. The molecule has 0 bridgehead atoms. The van der Waals surface area contributed by atoms with E-state index in [1.807, 2.05) is 6.92 Å². The topological polar surface area (TPSA) is 46.2 Å². The standard InChI is InChI=1S/C9H12FNO.ClH/c1-6-2-3-8(10)7(4-6)9(11)5-12;/h2-4,9,12H,5,11H2,1H3;1H/t9-;/m1./s1. The molecule has 0 saturated heterocycles. The first-order chi connectivity index (χ1) is 5.65. The lowest BCUT2D eigenvalue weighted by atomic mass is 10.1. The molecule has 0 unspecified atom stereocenters. The van der Waals surface area contributed by atoms with Gasteiger partial charge >= 0.3 is 0 Å². The maximum Gasteiger partial charge on any atom is 0.128 e. The molecule has 1 aromatic rings. The van der Waals surface area contributed by atoms with Gasteiger partial charge in [0.1, 0.15) is 5.82 Å². The van der Waals surface area contributed by atoms with Gasteiger partial charge in [-0.1, -0.05) is 17.7 Å². The highest BCUT2D eigenvalue weighted by molar-refractivity contribution is 5.85. The van der Waals surface area contributed by atoms with E-state index in [1.54, 1.807) is 12.1 Å². The summed E-state index contributed by atoms with van der Waals surface area (Å²) in [6.07, 6.45) is 0. The average molecular weight is 206 g/mol. The number of aliphatic hydroxyl groups is 1. The van der Waals surface area contributed by atoms with Crippen LogP contribution in [-0.4, -0.2) is 11.7 Å². The Morgan fingerprint density at radius 1 is 1.54 bits per heavy atom. The van der Waals surface area contributed by atoms with Crippen molar-refractivity contribution in [2.75, 3.05) is 6.61 Å². The number of nitrogens with two attached hydrogens (primary N) is 1. The molecule has 0 aromatic heterocycles. The quantitative estimate of drug-likeness (QED) is 0.770. The van der Waals surface area contributed by atoms with Crippen molar-refractivity contribution in [2.45, 2.75) is 13.0 Å². The summed E-state index contributed by atoms with van der Waals surface area (Å²) in [6.45, 7) is 1.62. The summed E-state index contributed by atoms with van der Waals surface area (Å²) in [5, 5.41) is 8.71. The zero-order chi connectivity index (χ0) is 9.14. The molecule has 1 rings (SSSR count). The van der Waals surface area contributed by atoms with Gasteiger partial charge in [0, 0.05) is 5.56 Å². The molecule has 74 valence electrons. The lowest BCUT2D eigenvalue weighted by Gasteiger charge is -2.09. The van der Waals surface area contributed by atoms with E-state index in [2.05, 4.69) is 0 Å². The molecule has 0 fully saturated rings. The normalized spacial score (nSPS) is 12.0. The molecule has 3 N–H and O–H groups in total. The van der Waals surface area contributed by atoms with E-state index in [0.717, 1.165) is 5.56 Å². The van der Waals surface area contributed by atoms with Gasteiger partial charge in [0.2, 0.25) is 0 Å². The first-order valence-electron chi connectivity index (χ1n) is 3.77. The third-order valence-corrected chi connectivity index (χ3v) is 1.75. The maximum absolute atomic E-state index is 13.0. The second kappa shape index (κ2) is 5.17. The summed E-state index contributed by atoms with van der Waals surface area (Å²) in [5.41, 5.74) is 6.79. The number of aryl methyl sites for hydroxylation is 1. The third-order valence-electron chi connectivity index (χ3n) is 1.75. The Morgan fingerprint density at radius 3 is 2.69 bits per heavy atom. The van der Waals surface area contributed by atoms with Crippen molar-refractivity contribution in [3.05, 3.63) is 35.1 Å². The van der Waals surface area contributed by atoms with E-state index < -0.39 is 6.04 Å². The molecule has 0 spiro atoms. The number of benzene rings is 1. The summed E-state index contributed by atoms with van der Waals surface area (Å²) in [4.78, 5) is 0. The minimum Gasteiger partial charge on any atom is -0.394 e. The third kappa shape index (κ3) is 2.95. The lowest BCUT2D eigenvalue weighted by molar-refractivity contribution is 0.265. The van der Waals surface area contributed by atoms with Crippen LogP contribution in [0, 0.1) is 12.7 Å². The minimum absolute atomic E-state index is 0. The van der Waals surface area contributed by atoms with Crippen molar-refractivity contribution >= 4 is 12.4 Å². The Hall–Kier alpha value is -0.640. The predicted molar refractivity (Wildman–Crippen MR) is 52.4 cm³/mol. The van der Waals surface area contributed by atoms with Gasteiger partial charge in [-0.05, 0) is 13.0 Å². The van der Waals surface area contributed by atoms with Crippen LogP contribution in [0.3, 0.4) is 0 Å². The van der Waals surface area contributed by atoms with Crippen molar-refractivity contribution in [1.82, 2.24) is 0 Å². The molecule has 1 aromatic carbocycles. The fraction of sp³-hybridized carbons (Fsp3) is 0.333. The van der Waals surface area contributed by atoms with Crippen LogP contribution in [0.25, 0.3) is 0 Å². The van der Waals surface area contributed by atoms with Gasteiger partial charge < -0.3 is 10.8 Å². The van der Waals surface area contributed by atoms with Crippen LogP contribution < -0.4 is 5.73 Å². The summed E-state index contributed by atoms with van der Waals surface area (Å²) < 4.78 is 13.0. The van der Waals surface area contributed by atoms with Crippen molar-refractivity contribution in [2.24, 2.45) is 5.73 Å². The molecule has 1 atom stereocenters. The predicted octanol–water partition coefficient (Wildman–Crippen LogP) is 1.55.